The maximum Gasteiger partial charge on any atom is 0.326 e. The summed E-state index contributed by atoms with van der Waals surface area (Å²) in [6, 6.07) is 4.13. The third-order valence-corrected chi connectivity index (χ3v) is 6.79. The highest BCUT2D eigenvalue weighted by Crippen LogP contribution is 2.23. The lowest BCUT2D eigenvalue weighted by Gasteiger charge is -2.27. The molecule has 1 aromatic carbocycles. The lowest BCUT2D eigenvalue weighted by atomic mass is 10.00. The van der Waals surface area contributed by atoms with Gasteiger partial charge in [-0.2, -0.15) is 0 Å². The molecule has 3 aromatic rings. The van der Waals surface area contributed by atoms with E-state index in [4.69, 9.17) is 0 Å². The molecular formula is C17H19N5O4S. The maximum absolute atomic E-state index is 12.9. The number of nitrogens with one attached hydrogen (secondary N) is 2. The molecule has 2 N–H and O–H groups in total. The first-order valence-corrected chi connectivity index (χ1v) is 10.0. The standard InChI is InChI=1S/C17H19N5O4S/c1-21(9-11-2-5-15-18-6-7-22(15)10-11)27(25,26)12-3-4-14-13(8-12)16(23)20-17(24)19-14/h3-4,6-8,11H,2,5,9-10H2,1H3,(H2,19,20,23,24)/t11-/m1/s1. The fourth-order valence-electron chi connectivity index (χ4n) is 3.53. The Hall–Kier alpha value is -2.72. The smallest absolute Gasteiger partial charge is 0.326 e. The quantitative estimate of drug-likeness (QED) is 0.665. The Kier molecular flexibility index (Phi) is 4.23. The summed E-state index contributed by atoms with van der Waals surface area (Å²) >= 11 is 0. The number of hydrogen-bond acceptors (Lipinski definition) is 5. The number of nitrogens with zero attached hydrogens (tertiary/aromatic N) is 3. The molecule has 0 saturated heterocycles. The van der Waals surface area contributed by atoms with Crippen molar-refractivity contribution in [3.8, 4) is 0 Å². The van der Waals surface area contributed by atoms with Crippen LogP contribution in [0, 0.1) is 5.92 Å². The Bertz CT molecular complexity index is 1220. The third-order valence-electron chi connectivity index (χ3n) is 4.97. The highest BCUT2D eigenvalue weighted by Gasteiger charge is 2.27. The predicted octanol–water partition coefficient (Wildman–Crippen LogP) is 0.296. The van der Waals surface area contributed by atoms with Crippen molar-refractivity contribution in [3.63, 3.8) is 0 Å². The summed E-state index contributed by atoms with van der Waals surface area (Å²) in [4.78, 5) is 32.2. The number of sulfonamides is 1. The zero-order valence-corrected chi connectivity index (χ0v) is 15.5. The van der Waals surface area contributed by atoms with Crippen LogP contribution in [0.5, 0.6) is 0 Å². The van der Waals surface area contributed by atoms with Gasteiger partial charge < -0.3 is 9.55 Å². The van der Waals surface area contributed by atoms with Crippen LogP contribution < -0.4 is 11.2 Å². The van der Waals surface area contributed by atoms with E-state index in [0.29, 0.717) is 12.1 Å². The van der Waals surface area contributed by atoms with Crippen molar-refractivity contribution in [2.75, 3.05) is 13.6 Å². The summed E-state index contributed by atoms with van der Waals surface area (Å²) in [6.45, 7) is 1.10. The molecule has 2 aromatic heterocycles. The van der Waals surface area contributed by atoms with Gasteiger partial charge in [0.2, 0.25) is 10.0 Å². The predicted molar refractivity (Wildman–Crippen MR) is 99.0 cm³/mol. The first-order valence-electron chi connectivity index (χ1n) is 8.57. The summed E-state index contributed by atoms with van der Waals surface area (Å²) in [6.07, 6.45) is 5.36. The van der Waals surface area contributed by atoms with Crippen LogP contribution in [0.2, 0.25) is 0 Å². The topological polar surface area (TPSA) is 121 Å². The Morgan fingerprint density at radius 2 is 2.11 bits per heavy atom. The van der Waals surface area contributed by atoms with Gasteiger partial charge in [0.1, 0.15) is 5.82 Å². The van der Waals surface area contributed by atoms with Crippen molar-refractivity contribution in [3.05, 3.63) is 57.3 Å². The lowest BCUT2D eigenvalue weighted by Crippen LogP contribution is -2.35. The van der Waals surface area contributed by atoms with E-state index in [-0.39, 0.29) is 16.2 Å². The van der Waals surface area contributed by atoms with Crippen LogP contribution in [-0.2, 0) is 23.0 Å². The molecule has 0 fully saturated rings. The summed E-state index contributed by atoms with van der Waals surface area (Å²) < 4.78 is 29.3. The molecule has 10 heteroatoms. The van der Waals surface area contributed by atoms with Gasteiger partial charge in [-0.25, -0.2) is 22.5 Å². The molecule has 4 rings (SSSR count). The monoisotopic (exact) mass is 389 g/mol. The average molecular weight is 389 g/mol. The number of imidazole rings is 1. The number of aromatic nitrogens is 4. The zero-order chi connectivity index (χ0) is 19.2. The molecule has 142 valence electrons. The van der Waals surface area contributed by atoms with Gasteiger partial charge in [-0.15, -0.1) is 0 Å². The molecule has 0 radical (unpaired) electrons. The molecule has 1 aliphatic rings. The van der Waals surface area contributed by atoms with Crippen LogP contribution in [0.4, 0.5) is 0 Å². The Balaban J connectivity index is 1.60. The normalized spacial score (nSPS) is 17.3. The third kappa shape index (κ3) is 3.21. The van der Waals surface area contributed by atoms with Crippen molar-refractivity contribution in [2.24, 2.45) is 5.92 Å². The molecule has 3 heterocycles. The van der Waals surface area contributed by atoms with Gasteiger partial charge in [-0.1, -0.05) is 0 Å². The van der Waals surface area contributed by atoms with Crippen molar-refractivity contribution < 1.29 is 8.42 Å². The van der Waals surface area contributed by atoms with Gasteiger partial charge in [0, 0.05) is 39.0 Å². The van der Waals surface area contributed by atoms with Crippen molar-refractivity contribution in [2.45, 2.75) is 24.3 Å². The molecule has 0 unspecified atom stereocenters. The Labute approximate surface area is 154 Å². The molecule has 0 aliphatic carbocycles. The first-order chi connectivity index (χ1) is 12.8. The second-order valence-electron chi connectivity index (χ2n) is 6.80. The van der Waals surface area contributed by atoms with Crippen LogP contribution in [-0.4, -0.2) is 45.8 Å². The fraction of sp³-hybridized carbons (Fsp3) is 0.353. The molecule has 0 bridgehead atoms. The van der Waals surface area contributed by atoms with E-state index in [2.05, 4.69) is 19.5 Å². The number of fused-ring (bicyclic) bond motifs is 2. The number of rotatable bonds is 4. The number of hydrogen-bond donors (Lipinski definition) is 2. The van der Waals surface area contributed by atoms with Crippen molar-refractivity contribution in [1.29, 1.82) is 0 Å². The lowest BCUT2D eigenvalue weighted by molar-refractivity contribution is 0.303. The molecule has 1 aliphatic heterocycles. The summed E-state index contributed by atoms with van der Waals surface area (Å²) in [5.74, 6) is 1.21. The molecule has 0 saturated carbocycles. The van der Waals surface area contributed by atoms with Gasteiger partial charge in [0.05, 0.1) is 15.8 Å². The molecule has 1 atom stereocenters. The van der Waals surface area contributed by atoms with Gasteiger partial charge in [-0.3, -0.25) is 9.78 Å². The highest BCUT2D eigenvalue weighted by molar-refractivity contribution is 7.89. The maximum atomic E-state index is 12.9. The van der Waals surface area contributed by atoms with E-state index < -0.39 is 21.3 Å². The van der Waals surface area contributed by atoms with Crippen LogP contribution in [0.3, 0.4) is 0 Å². The van der Waals surface area contributed by atoms with Gasteiger partial charge in [0.25, 0.3) is 5.56 Å². The SMILES string of the molecule is CN(C[C@H]1CCc2nccn2C1)S(=O)(=O)c1ccc2[nH]c(=O)[nH]c(=O)c2c1. The summed E-state index contributed by atoms with van der Waals surface area (Å²) in [5.41, 5.74) is -0.949. The summed E-state index contributed by atoms with van der Waals surface area (Å²) in [5, 5.41) is 0.129. The van der Waals surface area contributed by atoms with E-state index >= 15 is 0 Å². The van der Waals surface area contributed by atoms with E-state index in [0.717, 1.165) is 25.2 Å². The van der Waals surface area contributed by atoms with Crippen LogP contribution in [0.1, 0.15) is 12.2 Å². The van der Waals surface area contributed by atoms with E-state index in [1.165, 1.54) is 22.5 Å². The van der Waals surface area contributed by atoms with E-state index in [9.17, 15) is 18.0 Å². The zero-order valence-electron chi connectivity index (χ0n) is 14.7. The second-order valence-corrected chi connectivity index (χ2v) is 8.85. The largest absolute Gasteiger partial charge is 0.335 e. The average Bonchev–Trinajstić information content (AvgIpc) is 3.09. The summed E-state index contributed by atoms with van der Waals surface area (Å²) in [7, 11) is -2.22. The van der Waals surface area contributed by atoms with E-state index in [1.807, 2.05) is 6.20 Å². The van der Waals surface area contributed by atoms with Crippen molar-refractivity contribution >= 4 is 20.9 Å². The molecule has 9 nitrogen and oxygen atoms in total. The first kappa shape index (κ1) is 17.7. The molecule has 0 spiro atoms. The van der Waals surface area contributed by atoms with Gasteiger partial charge >= 0.3 is 5.69 Å². The molecule has 27 heavy (non-hydrogen) atoms. The van der Waals surface area contributed by atoms with E-state index in [1.54, 1.807) is 13.2 Å². The van der Waals surface area contributed by atoms with Crippen LogP contribution in [0.15, 0.2) is 45.1 Å². The molecular weight excluding hydrogens is 370 g/mol. The van der Waals surface area contributed by atoms with Crippen molar-refractivity contribution in [1.82, 2.24) is 23.8 Å². The minimum Gasteiger partial charge on any atom is -0.335 e. The van der Waals surface area contributed by atoms with Gasteiger partial charge in [0.15, 0.2) is 0 Å². The Morgan fingerprint density at radius 1 is 1.30 bits per heavy atom. The fourth-order valence-corrected chi connectivity index (χ4v) is 4.81. The number of benzene rings is 1. The number of H-pyrrole nitrogens is 2. The minimum absolute atomic E-state index is 0.0224. The highest BCUT2D eigenvalue weighted by atomic mass is 32.2. The van der Waals surface area contributed by atoms with Crippen LogP contribution in [0.25, 0.3) is 10.9 Å². The number of aromatic amines is 2. The Morgan fingerprint density at radius 3 is 2.93 bits per heavy atom. The van der Waals surface area contributed by atoms with Crippen LogP contribution >= 0.6 is 0 Å². The molecule has 0 amide bonds. The number of aryl methyl sites for hydroxylation is 1. The second kappa shape index (κ2) is 6.46. The van der Waals surface area contributed by atoms with Gasteiger partial charge in [-0.05, 0) is 30.5 Å². The minimum atomic E-state index is -3.76.